The van der Waals surface area contributed by atoms with E-state index in [1.807, 2.05) is 18.3 Å². The smallest absolute Gasteiger partial charge is 0.119 e. The molecule has 1 atom stereocenters. The van der Waals surface area contributed by atoms with E-state index in [4.69, 9.17) is 4.74 Å². The van der Waals surface area contributed by atoms with Crippen molar-refractivity contribution >= 4 is 10.8 Å². The van der Waals surface area contributed by atoms with Crippen molar-refractivity contribution in [3.05, 3.63) is 36.2 Å². The number of hydrogen-bond donors (Lipinski definition) is 1. The fraction of sp³-hybridized carbons (Fsp3) is 0.357. The Hall–Kier alpha value is -1.61. The average molecular weight is 228 g/mol. The number of benzene rings is 1. The number of nitrogens with zero attached hydrogens (tertiary/aromatic N) is 1. The molecule has 3 nitrogen and oxygen atoms in total. The molecule has 2 heterocycles. The van der Waals surface area contributed by atoms with Crippen LogP contribution in [-0.4, -0.2) is 18.6 Å². The summed E-state index contributed by atoms with van der Waals surface area (Å²) in [5, 5.41) is 5.93. The highest BCUT2D eigenvalue weighted by molar-refractivity contribution is 5.86. The summed E-state index contributed by atoms with van der Waals surface area (Å²) in [6.45, 7) is 1.10. The molecule has 0 spiro atoms. The molecular weight excluding hydrogens is 212 g/mol. The van der Waals surface area contributed by atoms with E-state index in [-0.39, 0.29) is 0 Å². The fourth-order valence-electron chi connectivity index (χ4n) is 2.50. The zero-order valence-electron chi connectivity index (χ0n) is 9.94. The number of rotatable bonds is 2. The molecule has 1 fully saturated rings. The van der Waals surface area contributed by atoms with Crippen LogP contribution in [0, 0.1) is 0 Å². The van der Waals surface area contributed by atoms with Gasteiger partial charge in [0.2, 0.25) is 0 Å². The van der Waals surface area contributed by atoms with Gasteiger partial charge in [0.1, 0.15) is 5.75 Å². The second kappa shape index (κ2) is 4.34. The summed E-state index contributed by atoms with van der Waals surface area (Å²) in [7, 11) is 1.70. The Morgan fingerprint density at radius 1 is 1.35 bits per heavy atom. The third kappa shape index (κ3) is 1.87. The summed E-state index contributed by atoms with van der Waals surface area (Å²) in [5.74, 6) is 0.897. The number of hydrogen-bond acceptors (Lipinski definition) is 3. The Balaban J connectivity index is 2.12. The molecule has 1 aromatic heterocycles. The van der Waals surface area contributed by atoms with E-state index in [9.17, 15) is 0 Å². The summed E-state index contributed by atoms with van der Waals surface area (Å²) in [6.07, 6.45) is 4.30. The molecule has 0 bridgehead atoms. The number of nitrogens with one attached hydrogen (secondary N) is 1. The number of aromatic nitrogens is 1. The van der Waals surface area contributed by atoms with Gasteiger partial charge in [-0.15, -0.1) is 0 Å². The third-order valence-electron chi connectivity index (χ3n) is 3.39. The van der Waals surface area contributed by atoms with Gasteiger partial charge >= 0.3 is 0 Å². The normalized spacial score (nSPS) is 19.7. The molecule has 17 heavy (non-hydrogen) atoms. The SMILES string of the molecule is COc1ccc2c(C3CCCN3)nccc2c1. The number of pyridine rings is 1. The molecule has 2 aromatic rings. The Labute approximate surface area is 101 Å². The molecule has 1 aliphatic heterocycles. The van der Waals surface area contributed by atoms with Gasteiger partial charge in [-0.1, -0.05) is 0 Å². The average Bonchev–Trinajstić information content (AvgIpc) is 2.91. The lowest BCUT2D eigenvalue weighted by atomic mass is 10.0. The van der Waals surface area contributed by atoms with Gasteiger partial charge in [0, 0.05) is 11.6 Å². The molecule has 1 N–H and O–H groups in total. The maximum atomic E-state index is 5.25. The zero-order chi connectivity index (χ0) is 11.7. The number of fused-ring (bicyclic) bond motifs is 1. The number of methoxy groups -OCH3 is 1. The van der Waals surface area contributed by atoms with Gasteiger partial charge in [-0.05, 0) is 49.0 Å². The minimum Gasteiger partial charge on any atom is -0.497 e. The van der Waals surface area contributed by atoms with E-state index in [1.54, 1.807) is 7.11 Å². The summed E-state index contributed by atoms with van der Waals surface area (Å²) in [5.41, 5.74) is 1.17. The molecule has 3 rings (SSSR count). The van der Waals surface area contributed by atoms with Gasteiger partial charge in [0.05, 0.1) is 18.8 Å². The monoisotopic (exact) mass is 228 g/mol. The first-order valence-corrected chi connectivity index (χ1v) is 6.04. The standard InChI is InChI=1S/C14H16N2O/c1-17-11-4-5-12-10(9-11)6-8-16-14(12)13-3-2-7-15-13/h4-6,8-9,13,15H,2-3,7H2,1H3. The van der Waals surface area contributed by atoms with Crippen molar-refractivity contribution in [1.29, 1.82) is 0 Å². The number of ether oxygens (including phenoxy) is 1. The first kappa shape index (κ1) is 10.5. The molecule has 1 aliphatic rings. The molecule has 88 valence electrons. The minimum atomic E-state index is 0.409. The van der Waals surface area contributed by atoms with Gasteiger partial charge in [-0.25, -0.2) is 0 Å². The molecule has 0 aliphatic carbocycles. The highest BCUT2D eigenvalue weighted by atomic mass is 16.5. The van der Waals surface area contributed by atoms with Crippen LogP contribution >= 0.6 is 0 Å². The van der Waals surface area contributed by atoms with Gasteiger partial charge in [-0.2, -0.15) is 0 Å². The van der Waals surface area contributed by atoms with Crippen LogP contribution in [-0.2, 0) is 0 Å². The van der Waals surface area contributed by atoms with Crippen molar-refractivity contribution in [3.63, 3.8) is 0 Å². The van der Waals surface area contributed by atoms with Crippen LogP contribution in [0.5, 0.6) is 5.75 Å². The third-order valence-corrected chi connectivity index (χ3v) is 3.39. The Kier molecular flexibility index (Phi) is 2.69. The second-order valence-corrected chi connectivity index (χ2v) is 4.43. The second-order valence-electron chi connectivity index (χ2n) is 4.43. The molecule has 0 radical (unpaired) electrons. The lowest BCUT2D eigenvalue weighted by Crippen LogP contribution is -2.14. The summed E-state index contributed by atoms with van der Waals surface area (Å²) < 4.78 is 5.25. The van der Waals surface area contributed by atoms with Gasteiger partial charge in [0.25, 0.3) is 0 Å². The van der Waals surface area contributed by atoms with Crippen LogP contribution in [0.25, 0.3) is 10.8 Å². The quantitative estimate of drug-likeness (QED) is 0.858. The van der Waals surface area contributed by atoms with E-state index in [0.29, 0.717) is 6.04 Å². The molecule has 3 heteroatoms. The molecule has 1 unspecified atom stereocenters. The fourth-order valence-corrected chi connectivity index (χ4v) is 2.50. The van der Waals surface area contributed by atoms with E-state index in [2.05, 4.69) is 22.4 Å². The van der Waals surface area contributed by atoms with Crippen molar-refractivity contribution in [3.8, 4) is 5.75 Å². The Morgan fingerprint density at radius 3 is 3.06 bits per heavy atom. The Morgan fingerprint density at radius 2 is 2.29 bits per heavy atom. The molecular formula is C14H16N2O. The lowest BCUT2D eigenvalue weighted by molar-refractivity contribution is 0.415. The highest BCUT2D eigenvalue weighted by Gasteiger charge is 2.19. The van der Waals surface area contributed by atoms with Crippen molar-refractivity contribution in [2.75, 3.05) is 13.7 Å². The molecule has 0 saturated carbocycles. The van der Waals surface area contributed by atoms with Gasteiger partial charge < -0.3 is 10.1 Å². The molecule has 0 amide bonds. The van der Waals surface area contributed by atoms with Crippen LogP contribution in [0.1, 0.15) is 24.6 Å². The minimum absolute atomic E-state index is 0.409. The van der Waals surface area contributed by atoms with E-state index < -0.39 is 0 Å². The zero-order valence-corrected chi connectivity index (χ0v) is 9.94. The molecule has 1 saturated heterocycles. The van der Waals surface area contributed by atoms with Crippen molar-refractivity contribution in [2.45, 2.75) is 18.9 Å². The first-order chi connectivity index (χ1) is 8.38. The van der Waals surface area contributed by atoms with Crippen LogP contribution < -0.4 is 10.1 Å². The predicted molar refractivity (Wildman–Crippen MR) is 68.3 cm³/mol. The maximum Gasteiger partial charge on any atom is 0.119 e. The largest absolute Gasteiger partial charge is 0.497 e. The maximum absolute atomic E-state index is 5.25. The first-order valence-electron chi connectivity index (χ1n) is 6.04. The predicted octanol–water partition coefficient (Wildman–Crippen LogP) is 2.67. The summed E-state index contributed by atoms with van der Waals surface area (Å²) in [4.78, 5) is 4.54. The highest BCUT2D eigenvalue weighted by Crippen LogP contribution is 2.29. The van der Waals surface area contributed by atoms with Gasteiger partial charge in [-0.3, -0.25) is 4.98 Å². The molecule has 1 aromatic carbocycles. The summed E-state index contributed by atoms with van der Waals surface area (Å²) in [6, 6.07) is 8.62. The lowest BCUT2D eigenvalue weighted by Gasteiger charge is -2.13. The van der Waals surface area contributed by atoms with Crippen molar-refractivity contribution in [1.82, 2.24) is 10.3 Å². The Bertz CT molecular complexity index is 533. The van der Waals surface area contributed by atoms with Gasteiger partial charge in [0.15, 0.2) is 0 Å². The van der Waals surface area contributed by atoms with E-state index >= 15 is 0 Å². The van der Waals surface area contributed by atoms with Crippen molar-refractivity contribution in [2.24, 2.45) is 0 Å². The topological polar surface area (TPSA) is 34.1 Å². The van der Waals surface area contributed by atoms with Crippen LogP contribution in [0.15, 0.2) is 30.5 Å². The van der Waals surface area contributed by atoms with E-state index in [1.165, 1.54) is 29.3 Å². The van der Waals surface area contributed by atoms with Crippen LogP contribution in [0.3, 0.4) is 0 Å². The summed E-state index contributed by atoms with van der Waals surface area (Å²) >= 11 is 0. The van der Waals surface area contributed by atoms with Crippen molar-refractivity contribution < 1.29 is 4.74 Å². The van der Waals surface area contributed by atoms with Crippen LogP contribution in [0.4, 0.5) is 0 Å². The van der Waals surface area contributed by atoms with Crippen LogP contribution in [0.2, 0.25) is 0 Å². The van der Waals surface area contributed by atoms with E-state index in [0.717, 1.165) is 12.3 Å².